The van der Waals surface area contributed by atoms with Crippen molar-refractivity contribution in [2.24, 2.45) is 0 Å². The van der Waals surface area contributed by atoms with Crippen molar-refractivity contribution in [2.45, 2.75) is 24.9 Å². The number of ether oxygens (including phenoxy) is 1. The second-order valence-corrected chi connectivity index (χ2v) is 6.94. The summed E-state index contributed by atoms with van der Waals surface area (Å²) < 4.78 is 5.25. The van der Waals surface area contributed by atoms with Gasteiger partial charge in [0.25, 0.3) is 5.69 Å². The fraction of sp³-hybridized carbons (Fsp3) is 0.444. The van der Waals surface area contributed by atoms with Crippen LogP contribution in [-0.2, 0) is 15.0 Å². The van der Waals surface area contributed by atoms with Crippen LogP contribution in [0.5, 0.6) is 5.75 Å². The van der Waals surface area contributed by atoms with Crippen LogP contribution >= 0.6 is 0 Å². The van der Waals surface area contributed by atoms with Gasteiger partial charge in [0.2, 0.25) is 0 Å². The number of carboxylic acid groups (broad SMARTS) is 2. The molecule has 1 aromatic rings. The highest BCUT2D eigenvalue weighted by molar-refractivity contribution is 5.89. The van der Waals surface area contributed by atoms with Crippen molar-refractivity contribution in [1.82, 2.24) is 4.90 Å². The maximum Gasteiger partial charge on any atom is 0.328 e. The molecule has 2 N–H and O–H groups in total. The van der Waals surface area contributed by atoms with E-state index in [4.69, 9.17) is 14.9 Å². The van der Waals surface area contributed by atoms with Gasteiger partial charge in [0.15, 0.2) is 0 Å². The quantitative estimate of drug-likeness (QED) is 0.445. The monoisotopic (exact) mass is 393 g/mol. The number of benzene rings is 1. The number of hydrogen-bond acceptors (Lipinski definition) is 7. The molecule has 2 atom stereocenters. The molecule has 2 aliphatic heterocycles. The minimum absolute atomic E-state index is 0.0852. The highest BCUT2D eigenvalue weighted by Gasteiger charge is 2.54. The summed E-state index contributed by atoms with van der Waals surface area (Å²) in [5, 5.41) is 27.0. The molecule has 3 rings (SSSR count). The summed E-state index contributed by atoms with van der Waals surface area (Å²) in [5.74, 6) is -1.96. The Labute approximate surface area is 161 Å². The zero-order valence-electron chi connectivity index (χ0n) is 16.1. The number of carbonyl (C=O) groups is 2. The molecule has 1 aromatic carbocycles. The molecule has 10 nitrogen and oxygen atoms in total. The lowest BCUT2D eigenvalue weighted by Gasteiger charge is -2.32. The van der Waals surface area contributed by atoms with E-state index in [0.29, 0.717) is 17.9 Å². The Bertz CT molecular complexity index is 823. The zero-order chi connectivity index (χ0) is 21.2. The molecular formula is C18H23N3O7. The van der Waals surface area contributed by atoms with E-state index < -0.39 is 11.9 Å². The van der Waals surface area contributed by atoms with E-state index in [2.05, 4.69) is 18.9 Å². The number of hydrogen-bond donors (Lipinski definition) is 2. The summed E-state index contributed by atoms with van der Waals surface area (Å²) in [7, 11) is 5.56. The van der Waals surface area contributed by atoms with Crippen LogP contribution in [0, 0.1) is 10.1 Å². The van der Waals surface area contributed by atoms with Gasteiger partial charge >= 0.3 is 11.9 Å². The Morgan fingerprint density at radius 1 is 1.29 bits per heavy atom. The Balaban J connectivity index is 0.000000300. The molecule has 10 heteroatoms. The first-order chi connectivity index (χ1) is 13.0. The Kier molecular flexibility index (Phi) is 5.93. The van der Waals surface area contributed by atoms with Crippen molar-refractivity contribution in [2.75, 3.05) is 32.6 Å². The summed E-state index contributed by atoms with van der Waals surface area (Å²) in [6, 6.07) is 3.47. The van der Waals surface area contributed by atoms with Crippen LogP contribution < -0.4 is 9.64 Å². The molecule has 1 saturated heterocycles. The number of nitro benzene ring substituents is 1. The first-order valence-corrected chi connectivity index (χ1v) is 8.46. The van der Waals surface area contributed by atoms with Gasteiger partial charge < -0.3 is 19.8 Å². The maximum atomic E-state index is 11.4. The third kappa shape index (κ3) is 3.77. The van der Waals surface area contributed by atoms with Gasteiger partial charge in [-0.15, -0.1) is 0 Å². The minimum Gasteiger partial charge on any atom is -0.496 e. The molecular weight excluding hydrogens is 370 g/mol. The number of fused-ring (bicyclic) bond motifs is 3. The predicted molar refractivity (Wildman–Crippen MR) is 101 cm³/mol. The lowest BCUT2D eigenvalue weighted by Crippen LogP contribution is -2.45. The van der Waals surface area contributed by atoms with Crippen LogP contribution in [0.4, 0.5) is 11.4 Å². The smallest absolute Gasteiger partial charge is 0.328 e. The standard InChI is InChI=1S/C14H19N3O3.C4H4O4/c1-14-5-6-15(2)13(14)16(3)12-10(14)7-9(20-4)8-11(12)17(18)19;5-3(6)1-2-4(7)8/h7-8,13H,5-6H2,1-4H3;1-2H,(H,5,6)(H,7,8)/t13-,14+;/m1./s1. The van der Waals surface area contributed by atoms with Crippen LogP contribution in [-0.4, -0.2) is 65.9 Å². The Morgan fingerprint density at radius 2 is 1.86 bits per heavy atom. The topological polar surface area (TPSA) is 133 Å². The average Bonchev–Trinajstić information content (AvgIpc) is 3.05. The Hall–Kier alpha value is -3.14. The fourth-order valence-corrected chi connectivity index (χ4v) is 4.06. The van der Waals surface area contributed by atoms with E-state index in [1.165, 1.54) is 6.07 Å². The molecule has 152 valence electrons. The van der Waals surface area contributed by atoms with Crippen molar-refractivity contribution in [1.29, 1.82) is 0 Å². The van der Waals surface area contributed by atoms with Crippen molar-refractivity contribution in [3.8, 4) is 5.75 Å². The van der Waals surface area contributed by atoms with Crippen molar-refractivity contribution >= 4 is 23.3 Å². The maximum absolute atomic E-state index is 11.4. The number of likely N-dealkylation sites (N-methyl/N-ethyl adjacent to an activating group) is 2. The van der Waals surface area contributed by atoms with Gasteiger partial charge in [-0.25, -0.2) is 9.59 Å². The molecule has 1 fully saturated rings. The molecule has 0 amide bonds. The van der Waals surface area contributed by atoms with E-state index in [1.807, 2.05) is 18.0 Å². The third-order valence-electron chi connectivity index (χ3n) is 5.17. The van der Waals surface area contributed by atoms with Crippen LogP contribution in [0.3, 0.4) is 0 Å². The molecule has 2 heterocycles. The first-order valence-electron chi connectivity index (χ1n) is 8.46. The summed E-state index contributed by atoms with van der Waals surface area (Å²) >= 11 is 0. The average molecular weight is 393 g/mol. The highest BCUT2D eigenvalue weighted by Crippen LogP contribution is 2.55. The third-order valence-corrected chi connectivity index (χ3v) is 5.17. The lowest BCUT2D eigenvalue weighted by molar-refractivity contribution is -0.384. The fourth-order valence-electron chi connectivity index (χ4n) is 4.06. The second-order valence-electron chi connectivity index (χ2n) is 6.94. The molecule has 0 bridgehead atoms. The molecule has 0 aliphatic carbocycles. The highest BCUT2D eigenvalue weighted by atomic mass is 16.6. The number of anilines is 1. The molecule has 28 heavy (non-hydrogen) atoms. The van der Waals surface area contributed by atoms with Crippen LogP contribution in [0.2, 0.25) is 0 Å². The van der Waals surface area contributed by atoms with Crippen LogP contribution in [0.15, 0.2) is 24.3 Å². The van der Waals surface area contributed by atoms with Crippen molar-refractivity contribution in [3.05, 3.63) is 40.0 Å². The second kappa shape index (κ2) is 7.85. The molecule has 0 spiro atoms. The predicted octanol–water partition coefficient (Wildman–Crippen LogP) is 1.68. The van der Waals surface area contributed by atoms with Gasteiger partial charge in [-0.3, -0.25) is 15.0 Å². The van der Waals surface area contributed by atoms with E-state index in [1.54, 1.807) is 7.11 Å². The van der Waals surface area contributed by atoms with Gasteiger partial charge in [-0.05, 0) is 25.1 Å². The summed E-state index contributed by atoms with van der Waals surface area (Å²) in [5.41, 5.74) is 1.80. The van der Waals surface area contributed by atoms with Gasteiger partial charge in [0.05, 0.1) is 24.3 Å². The molecule has 0 aromatic heterocycles. The van der Waals surface area contributed by atoms with E-state index >= 15 is 0 Å². The van der Waals surface area contributed by atoms with Gasteiger partial charge in [0, 0.05) is 31.2 Å². The lowest BCUT2D eigenvalue weighted by atomic mass is 9.81. The van der Waals surface area contributed by atoms with Gasteiger partial charge in [-0.1, -0.05) is 6.92 Å². The van der Waals surface area contributed by atoms with Gasteiger partial charge in [-0.2, -0.15) is 0 Å². The van der Waals surface area contributed by atoms with E-state index in [0.717, 1.165) is 24.2 Å². The minimum atomic E-state index is -1.26. The largest absolute Gasteiger partial charge is 0.496 e. The van der Waals surface area contributed by atoms with E-state index in [-0.39, 0.29) is 22.2 Å². The summed E-state index contributed by atoms with van der Waals surface area (Å²) in [6.45, 7) is 3.18. The van der Waals surface area contributed by atoms with Crippen LogP contribution in [0.25, 0.3) is 0 Å². The molecule has 2 aliphatic rings. The number of nitrogens with zero attached hydrogens (tertiary/aromatic N) is 3. The first kappa shape index (κ1) is 21.2. The summed E-state index contributed by atoms with van der Waals surface area (Å²) in [6.07, 6.45) is 2.28. The normalized spacial score (nSPS) is 23.0. The van der Waals surface area contributed by atoms with Crippen LogP contribution in [0.1, 0.15) is 18.9 Å². The van der Waals surface area contributed by atoms with Crippen molar-refractivity contribution < 1.29 is 29.5 Å². The number of rotatable bonds is 4. The number of methoxy groups -OCH3 is 1. The number of carboxylic acids is 2. The van der Waals surface area contributed by atoms with Crippen molar-refractivity contribution in [3.63, 3.8) is 0 Å². The van der Waals surface area contributed by atoms with E-state index in [9.17, 15) is 19.7 Å². The number of likely N-dealkylation sites (tertiary alicyclic amines) is 1. The molecule has 0 unspecified atom stereocenters. The summed E-state index contributed by atoms with van der Waals surface area (Å²) in [4.78, 5) is 34.5. The van der Waals surface area contributed by atoms with Gasteiger partial charge in [0.1, 0.15) is 11.4 Å². The molecule has 0 radical (unpaired) electrons. The Morgan fingerprint density at radius 3 is 2.32 bits per heavy atom. The zero-order valence-corrected chi connectivity index (χ0v) is 16.1. The number of aliphatic carboxylic acids is 2. The molecule has 0 saturated carbocycles. The number of nitro groups is 1. The SMILES string of the molecule is COc1cc([N+](=O)[O-])c2c(c1)[C@]1(C)CCN(C)[C@@H]1N2C.O=C(O)C=CC(=O)O.